The molecule has 0 aliphatic heterocycles. The molecular formula is C13H16N2. The molecule has 1 rings (SSSR count). The highest BCUT2D eigenvalue weighted by atomic mass is 14.6. The molecule has 2 nitrogen and oxygen atoms in total. The zero-order valence-corrected chi connectivity index (χ0v) is 9.54. The molecule has 1 aromatic rings. The van der Waals surface area contributed by atoms with Crippen molar-refractivity contribution in [2.75, 3.05) is 0 Å². The minimum Gasteiger partial charge on any atom is -0.256 e. The standard InChI is InChI=1S/C13H16N2/c1-4-10(3)13-12(7-6-8-15-13)11(5-2)9-14/h6-8H,4-5H2,1-3H3/b12-11+,13-10+. The molecule has 0 aliphatic rings. The fraction of sp³-hybridized carbons (Fsp3) is 0.385. The summed E-state index contributed by atoms with van der Waals surface area (Å²) >= 11 is 0. The molecule has 0 saturated heterocycles. The van der Waals surface area contributed by atoms with Crippen LogP contribution in [-0.2, 0) is 0 Å². The SMILES string of the molecule is CC/C(C#N)=c1/cccn/c1=C(\C)CC. The van der Waals surface area contributed by atoms with E-state index >= 15 is 0 Å². The van der Waals surface area contributed by atoms with Crippen molar-refractivity contribution in [1.82, 2.24) is 4.98 Å². The van der Waals surface area contributed by atoms with Crippen LogP contribution in [0.3, 0.4) is 0 Å². The van der Waals surface area contributed by atoms with Crippen molar-refractivity contribution in [3.8, 4) is 6.07 Å². The molecule has 0 aliphatic carbocycles. The lowest BCUT2D eigenvalue weighted by Gasteiger charge is -1.98. The van der Waals surface area contributed by atoms with Crippen LogP contribution < -0.4 is 10.6 Å². The summed E-state index contributed by atoms with van der Waals surface area (Å²) in [6.45, 7) is 6.17. The van der Waals surface area contributed by atoms with Crippen LogP contribution in [0.4, 0.5) is 0 Å². The molecule has 0 N–H and O–H groups in total. The second kappa shape index (κ2) is 5.31. The van der Waals surface area contributed by atoms with Gasteiger partial charge in [-0.15, -0.1) is 0 Å². The second-order valence-corrected chi connectivity index (χ2v) is 3.48. The molecule has 0 radical (unpaired) electrons. The Kier molecular flexibility index (Phi) is 4.05. The zero-order valence-electron chi connectivity index (χ0n) is 9.54. The Morgan fingerprint density at radius 3 is 2.67 bits per heavy atom. The molecule has 0 amide bonds. The highest BCUT2D eigenvalue weighted by Gasteiger charge is 1.97. The molecule has 0 spiro atoms. The predicted octanol–water partition coefficient (Wildman–Crippen LogP) is 1.75. The van der Waals surface area contributed by atoms with Gasteiger partial charge in [-0.05, 0) is 31.4 Å². The lowest BCUT2D eigenvalue weighted by atomic mass is 10.1. The molecule has 15 heavy (non-hydrogen) atoms. The van der Waals surface area contributed by atoms with Crippen LogP contribution in [0.2, 0.25) is 0 Å². The number of nitriles is 1. The first-order chi connectivity index (χ1) is 7.24. The first-order valence-electron chi connectivity index (χ1n) is 5.28. The number of hydrogen-bond acceptors (Lipinski definition) is 2. The Labute approximate surface area is 90.6 Å². The van der Waals surface area contributed by atoms with E-state index in [9.17, 15) is 0 Å². The molecular weight excluding hydrogens is 184 g/mol. The van der Waals surface area contributed by atoms with Crippen LogP contribution in [0.5, 0.6) is 0 Å². The van der Waals surface area contributed by atoms with E-state index < -0.39 is 0 Å². The van der Waals surface area contributed by atoms with Gasteiger partial charge in [0, 0.05) is 17.0 Å². The van der Waals surface area contributed by atoms with Gasteiger partial charge in [0.25, 0.3) is 0 Å². The summed E-state index contributed by atoms with van der Waals surface area (Å²) < 4.78 is 0. The van der Waals surface area contributed by atoms with Gasteiger partial charge in [-0.2, -0.15) is 5.26 Å². The molecule has 0 fully saturated rings. The Hall–Kier alpha value is -1.62. The Balaban J connectivity index is 3.73. The third-order valence-electron chi connectivity index (χ3n) is 2.56. The summed E-state index contributed by atoms with van der Waals surface area (Å²) in [4.78, 5) is 4.36. The maximum atomic E-state index is 9.03. The number of rotatable bonds is 2. The molecule has 0 atom stereocenters. The molecule has 78 valence electrons. The predicted molar refractivity (Wildman–Crippen MR) is 62.2 cm³/mol. The van der Waals surface area contributed by atoms with E-state index in [0.29, 0.717) is 0 Å². The van der Waals surface area contributed by atoms with E-state index in [2.05, 4.69) is 24.9 Å². The van der Waals surface area contributed by atoms with Gasteiger partial charge in [0.15, 0.2) is 0 Å². The summed E-state index contributed by atoms with van der Waals surface area (Å²) in [7, 11) is 0. The van der Waals surface area contributed by atoms with E-state index in [1.165, 1.54) is 5.57 Å². The summed E-state index contributed by atoms with van der Waals surface area (Å²) in [5.41, 5.74) is 2.04. The number of aromatic nitrogens is 1. The Morgan fingerprint density at radius 2 is 2.13 bits per heavy atom. The fourth-order valence-corrected chi connectivity index (χ4v) is 1.49. The van der Waals surface area contributed by atoms with Crippen molar-refractivity contribution < 1.29 is 0 Å². The van der Waals surface area contributed by atoms with E-state index in [0.717, 1.165) is 29.0 Å². The van der Waals surface area contributed by atoms with Gasteiger partial charge < -0.3 is 0 Å². The van der Waals surface area contributed by atoms with E-state index in [-0.39, 0.29) is 0 Å². The van der Waals surface area contributed by atoms with E-state index in [4.69, 9.17) is 5.26 Å². The molecule has 0 saturated carbocycles. The molecule has 1 heterocycles. The van der Waals surface area contributed by atoms with Crippen LogP contribution in [0.1, 0.15) is 33.6 Å². The minimum atomic E-state index is 0.756. The van der Waals surface area contributed by atoms with Crippen LogP contribution in [0.15, 0.2) is 18.3 Å². The van der Waals surface area contributed by atoms with Crippen LogP contribution in [0.25, 0.3) is 11.1 Å². The van der Waals surface area contributed by atoms with Gasteiger partial charge in [0.05, 0.1) is 11.4 Å². The summed E-state index contributed by atoms with van der Waals surface area (Å²) in [5.74, 6) is 0. The summed E-state index contributed by atoms with van der Waals surface area (Å²) in [6, 6.07) is 6.11. The normalized spacial score (nSPS) is 14.3. The van der Waals surface area contributed by atoms with Crippen LogP contribution >= 0.6 is 0 Å². The van der Waals surface area contributed by atoms with Gasteiger partial charge in [0.2, 0.25) is 0 Å². The summed E-state index contributed by atoms with van der Waals surface area (Å²) in [5, 5.41) is 11.0. The van der Waals surface area contributed by atoms with Gasteiger partial charge in [-0.25, -0.2) is 0 Å². The van der Waals surface area contributed by atoms with Crippen molar-refractivity contribution in [3.63, 3.8) is 0 Å². The average molecular weight is 200 g/mol. The van der Waals surface area contributed by atoms with Gasteiger partial charge in [-0.3, -0.25) is 4.98 Å². The smallest absolute Gasteiger partial charge is 0.0954 e. The Morgan fingerprint density at radius 1 is 1.40 bits per heavy atom. The third kappa shape index (κ3) is 2.44. The first kappa shape index (κ1) is 11.5. The highest BCUT2D eigenvalue weighted by Crippen LogP contribution is 1.97. The van der Waals surface area contributed by atoms with E-state index in [1.807, 2.05) is 19.1 Å². The van der Waals surface area contributed by atoms with Crippen molar-refractivity contribution in [1.29, 1.82) is 5.26 Å². The topological polar surface area (TPSA) is 36.7 Å². The molecule has 0 bridgehead atoms. The van der Waals surface area contributed by atoms with Crippen LogP contribution in [0, 0.1) is 11.3 Å². The van der Waals surface area contributed by atoms with E-state index in [1.54, 1.807) is 6.20 Å². The molecule has 2 heteroatoms. The van der Waals surface area contributed by atoms with Crippen molar-refractivity contribution in [2.24, 2.45) is 0 Å². The number of hydrogen-bond donors (Lipinski definition) is 0. The zero-order chi connectivity index (χ0) is 11.3. The third-order valence-corrected chi connectivity index (χ3v) is 2.56. The molecule has 0 aromatic carbocycles. The number of nitrogens with zero attached hydrogens (tertiary/aromatic N) is 2. The largest absolute Gasteiger partial charge is 0.256 e. The van der Waals surface area contributed by atoms with Gasteiger partial charge in [-0.1, -0.05) is 19.9 Å². The number of pyridine rings is 1. The van der Waals surface area contributed by atoms with Crippen molar-refractivity contribution in [3.05, 3.63) is 28.9 Å². The monoisotopic (exact) mass is 200 g/mol. The maximum absolute atomic E-state index is 9.03. The average Bonchev–Trinajstić information content (AvgIpc) is 2.30. The highest BCUT2D eigenvalue weighted by molar-refractivity contribution is 5.60. The van der Waals surface area contributed by atoms with Gasteiger partial charge in [0.1, 0.15) is 0 Å². The molecule has 0 unspecified atom stereocenters. The lowest BCUT2D eigenvalue weighted by molar-refractivity contribution is 1.11. The lowest BCUT2D eigenvalue weighted by Crippen LogP contribution is -2.31. The second-order valence-electron chi connectivity index (χ2n) is 3.48. The molecule has 1 aromatic heterocycles. The van der Waals surface area contributed by atoms with Crippen molar-refractivity contribution in [2.45, 2.75) is 33.6 Å². The van der Waals surface area contributed by atoms with Crippen molar-refractivity contribution >= 4 is 11.1 Å². The van der Waals surface area contributed by atoms with Crippen LogP contribution in [-0.4, -0.2) is 4.98 Å². The fourth-order valence-electron chi connectivity index (χ4n) is 1.49. The Bertz CT molecular complexity index is 492. The minimum absolute atomic E-state index is 0.756. The maximum Gasteiger partial charge on any atom is 0.0954 e. The summed E-state index contributed by atoms with van der Waals surface area (Å²) in [6.07, 6.45) is 3.50. The quantitative estimate of drug-likeness (QED) is 0.729. The van der Waals surface area contributed by atoms with Gasteiger partial charge >= 0.3 is 0 Å². The first-order valence-corrected chi connectivity index (χ1v) is 5.28.